The van der Waals surface area contributed by atoms with Crippen LogP contribution < -0.4 is 10.6 Å². The molecule has 0 saturated heterocycles. The zero-order chi connectivity index (χ0) is 26.0. The first-order chi connectivity index (χ1) is 16.6. The van der Waals surface area contributed by atoms with Crippen LogP contribution in [-0.4, -0.2) is 64.2 Å². The highest BCUT2D eigenvalue weighted by Crippen LogP contribution is 2.36. The Morgan fingerprint density at radius 1 is 1.23 bits per heavy atom. The Morgan fingerprint density at radius 2 is 1.91 bits per heavy atom. The van der Waals surface area contributed by atoms with Crippen molar-refractivity contribution >= 4 is 29.7 Å². The number of rotatable bonds is 12. The zero-order valence-corrected chi connectivity index (χ0v) is 22.5. The van der Waals surface area contributed by atoms with E-state index in [0.717, 1.165) is 32.1 Å². The van der Waals surface area contributed by atoms with E-state index in [1.54, 1.807) is 55.6 Å². The van der Waals surface area contributed by atoms with Gasteiger partial charge in [-0.15, -0.1) is 0 Å². The van der Waals surface area contributed by atoms with Crippen LogP contribution in [0.25, 0.3) is 0 Å². The van der Waals surface area contributed by atoms with Gasteiger partial charge in [0.25, 0.3) is 0 Å². The summed E-state index contributed by atoms with van der Waals surface area (Å²) in [5.74, 6) is -0.0649. The lowest BCUT2D eigenvalue weighted by molar-refractivity contribution is -0.147. The lowest BCUT2D eigenvalue weighted by Crippen LogP contribution is -2.57. The second-order valence-corrected chi connectivity index (χ2v) is 10.9. The van der Waals surface area contributed by atoms with Gasteiger partial charge in [-0.05, 0) is 71.0 Å². The summed E-state index contributed by atoms with van der Waals surface area (Å²) in [6.07, 6.45) is 5.87. The predicted molar refractivity (Wildman–Crippen MR) is 139 cm³/mol. The van der Waals surface area contributed by atoms with Crippen LogP contribution >= 0.6 is 11.8 Å². The fourth-order valence-corrected chi connectivity index (χ4v) is 4.40. The predicted octanol–water partition coefficient (Wildman–Crippen LogP) is 4.38. The van der Waals surface area contributed by atoms with Gasteiger partial charge in [0.05, 0.1) is 0 Å². The minimum atomic E-state index is -0.997. The van der Waals surface area contributed by atoms with Crippen LogP contribution in [0.15, 0.2) is 24.3 Å². The number of unbranched alkanes of at least 4 members (excludes halogenated alkanes) is 1. The van der Waals surface area contributed by atoms with Crippen molar-refractivity contribution in [3.05, 3.63) is 29.8 Å². The summed E-state index contributed by atoms with van der Waals surface area (Å²) >= 11 is 1.57. The average molecular weight is 508 g/mol. The van der Waals surface area contributed by atoms with Gasteiger partial charge in [-0.2, -0.15) is 11.8 Å². The molecule has 0 heterocycles. The highest BCUT2D eigenvalue weighted by atomic mass is 32.2. The minimum Gasteiger partial charge on any atom is -0.508 e. The van der Waals surface area contributed by atoms with E-state index >= 15 is 0 Å². The highest BCUT2D eigenvalue weighted by Gasteiger charge is 2.42. The number of ether oxygens (including phenoxy) is 1. The monoisotopic (exact) mass is 507 g/mol. The number of para-hydroxylation sites is 1. The Hall–Kier alpha value is -2.42. The molecule has 3 N–H and O–H groups in total. The van der Waals surface area contributed by atoms with Crippen LogP contribution in [0.2, 0.25) is 0 Å². The third kappa shape index (κ3) is 8.63. The lowest BCUT2D eigenvalue weighted by atomic mass is 9.87. The van der Waals surface area contributed by atoms with Gasteiger partial charge in [0.2, 0.25) is 11.8 Å². The number of alkyl carbamates (subject to hydrolysis) is 1. The minimum absolute atomic E-state index is 0.0407. The van der Waals surface area contributed by atoms with Gasteiger partial charge < -0.3 is 25.4 Å². The van der Waals surface area contributed by atoms with Gasteiger partial charge in [-0.1, -0.05) is 31.5 Å². The molecule has 9 heteroatoms. The number of phenolic OH excluding ortho intramolecular Hbond substituents is 1. The Kier molecular flexibility index (Phi) is 11.2. The summed E-state index contributed by atoms with van der Waals surface area (Å²) in [6.45, 7) is 7.82. The topological polar surface area (TPSA) is 108 Å². The normalized spacial score (nSPS) is 15.5. The Bertz CT molecular complexity index is 854. The van der Waals surface area contributed by atoms with E-state index in [1.165, 1.54) is 6.07 Å². The third-order valence-electron chi connectivity index (χ3n) is 5.91. The van der Waals surface area contributed by atoms with E-state index in [9.17, 15) is 19.5 Å². The number of aromatic hydroxyl groups is 1. The Labute approximate surface area is 213 Å². The molecule has 0 radical (unpaired) electrons. The second kappa shape index (κ2) is 13.6. The molecule has 1 aromatic carbocycles. The molecule has 1 aliphatic rings. The average Bonchev–Trinajstić information content (AvgIpc) is 2.74. The maximum atomic E-state index is 14.0. The van der Waals surface area contributed by atoms with Crippen molar-refractivity contribution in [3.8, 4) is 5.75 Å². The van der Waals surface area contributed by atoms with Crippen molar-refractivity contribution < 1.29 is 24.2 Å². The summed E-state index contributed by atoms with van der Waals surface area (Å²) in [7, 11) is 0. The maximum absolute atomic E-state index is 14.0. The zero-order valence-electron chi connectivity index (χ0n) is 21.6. The molecule has 2 atom stereocenters. The van der Waals surface area contributed by atoms with E-state index in [0.29, 0.717) is 24.3 Å². The molecule has 0 bridgehead atoms. The van der Waals surface area contributed by atoms with E-state index in [-0.39, 0.29) is 23.6 Å². The second-order valence-electron chi connectivity index (χ2n) is 9.92. The summed E-state index contributed by atoms with van der Waals surface area (Å²) < 4.78 is 5.41. The van der Waals surface area contributed by atoms with Crippen molar-refractivity contribution in [2.24, 2.45) is 0 Å². The molecule has 8 nitrogen and oxygen atoms in total. The fraction of sp³-hybridized carbons (Fsp3) is 0.654. The van der Waals surface area contributed by atoms with Gasteiger partial charge >= 0.3 is 6.09 Å². The largest absolute Gasteiger partial charge is 0.508 e. The van der Waals surface area contributed by atoms with Gasteiger partial charge in [0.15, 0.2) is 0 Å². The molecule has 196 valence electrons. The number of nitrogens with zero attached hydrogens (tertiary/aromatic N) is 1. The number of thioether (sulfide) groups is 1. The summed E-state index contributed by atoms with van der Waals surface area (Å²) in [6, 6.07) is 4.63. The molecule has 2 unspecified atom stereocenters. The third-order valence-corrected chi connectivity index (χ3v) is 6.55. The van der Waals surface area contributed by atoms with Gasteiger partial charge in [0, 0.05) is 18.2 Å². The molecular weight excluding hydrogens is 466 g/mol. The number of carbonyl (C=O) groups excluding carboxylic acids is 3. The van der Waals surface area contributed by atoms with Gasteiger partial charge in [0.1, 0.15) is 23.4 Å². The molecule has 35 heavy (non-hydrogen) atoms. The number of hydrogen-bond donors (Lipinski definition) is 3. The van der Waals surface area contributed by atoms with Crippen molar-refractivity contribution in [1.82, 2.24) is 15.5 Å². The van der Waals surface area contributed by atoms with Gasteiger partial charge in [-0.25, -0.2) is 4.79 Å². The van der Waals surface area contributed by atoms with Crippen molar-refractivity contribution in [2.75, 3.05) is 18.6 Å². The number of hydrogen-bond acceptors (Lipinski definition) is 6. The maximum Gasteiger partial charge on any atom is 0.408 e. The number of amides is 3. The fourth-order valence-electron chi connectivity index (χ4n) is 3.93. The molecule has 1 aromatic rings. The molecule has 1 saturated carbocycles. The number of carbonyl (C=O) groups is 3. The highest BCUT2D eigenvalue weighted by molar-refractivity contribution is 7.98. The number of phenols is 1. The van der Waals surface area contributed by atoms with E-state index in [2.05, 4.69) is 10.6 Å². The van der Waals surface area contributed by atoms with Crippen molar-refractivity contribution in [2.45, 2.75) is 89.9 Å². The van der Waals surface area contributed by atoms with Crippen molar-refractivity contribution in [1.29, 1.82) is 0 Å². The van der Waals surface area contributed by atoms with Crippen LogP contribution in [0.5, 0.6) is 5.75 Å². The Morgan fingerprint density at radius 3 is 2.46 bits per heavy atom. The quantitative estimate of drug-likeness (QED) is 0.363. The number of nitrogens with one attached hydrogen (secondary N) is 2. The van der Waals surface area contributed by atoms with Gasteiger partial charge in [-0.3, -0.25) is 9.59 Å². The van der Waals surface area contributed by atoms with Crippen LogP contribution in [0.3, 0.4) is 0 Å². The molecule has 2 rings (SSSR count). The molecule has 3 amide bonds. The SMILES string of the molecule is CCCCNC(=O)C(c1ccccc1O)N(C(=O)C(CCSC)NC(=O)OC(C)(C)C)C1CCC1. The van der Waals surface area contributed by atoms with E-state index in [1.807, 2.05) is 13.2 Å². The lowest BCUT2D eigenvalue weighted by Gasteiger charge is -2.43. The molecule has 0 aliphatic heterocycles. The van der Waals surface area contributed by atoms with Crippen molar-refractivity contribution in [3.63, 3.8) is 0 Å². The molecular formula is C26H41N3O5S. The Balaban J connectivity index is 2.43. The first kappa shape index (κ1) is 28.8. The van der Waals surface area contributed by atoms with Crippen LogP contribution in [0.4, 0.5) is 4.79 Å². The van der Waals surface area contributed by atoms with Crippen LogP contribution in [0.1, 0.15) is 77.8 Å². The summed E-state index contributed by atoms with van der Waals surface area (Å²) in [4.78, 5) is 41.7. The summed E-state index contributed by atoms with van der Waals surface area (Å²) in [5, 5.41) is 16.3. The molecule has 0 aromatic heterocycles. The smallest absolute Gasteiger partial charge is 0.408 e. The van der Waals surface area contributed by atoms with Crippen LogP contribution in [0, 0.1) is 0 Å². The first-order valence-electron chi connectivity index (χ1n) is 12.4. The van der Waals surface area contributed by atoms with Crippen LogP contribution in [-0.2, 0) is 14.3 Å². The van der Waals surface area contributed by atoms with E-state index < -0.39 is 23.8 Å². The summed E-state index contributed by atoms with van der Waals surface area (Å²) in [5.41, 5.74) is -0.329. The molecule has 1 aliphatic carbocycles. The molecule has 1 fully saturated rings. The first-order valence-corrected chi connectivity index (χ1v) is 13.8. The standard InChI is InChI=1S/C26H41N3O5S/c1-6-7-16-27-23(31)22(19-13-8-9-14-21(19)30)29(18-11-10-12-18)24(32)20(15-17-35-5)28-25(33)34-26(2,3)4/h8-9,13-14,18,20,22,30H,6-7,10-12,15-17H2,1-5H3,(H,27,31)(H,28,33). The van der Waals surface area contributed by atoms with E-state index in [4.69, 9.17) is 4.74 Å². The number of benzene rings is 1. The molecule has 0 spiro atoms.